The number of aromatic nitrogens is 2. The minimum absolute atomic E-state index is 0.256. The number of halogens is 1. The van der Waals surface area contributed by atoms with E-state index in [1.807, 2.05) is 31.3 Å². The zero-order valence-corrected chi connectivity index (χ0v) is 17.1. The van der Waals surface area contributed by atoms with Gasteiger partial charge in [0, 0.05) is 44.0 Å². The van der Waals surface area contributed by atoms with Gasteiger partial charge < -0.3 is 19.7 Å². The number of carbonyl (C=O) groups excluding carboxylic acids is 1. The van der Waals surface area contributed by atoms with E-state index < -0.39 is 0 Å². The van der Waals surface area contributed by atoms with E-state index in [-0.39, 0.29) is 11.7 Å². The predicted octanol–water partition coefficient (Wildman–Crippen LogP) is 2.99. The van der Waals surface area contributed by atoms with E-state index in [4.69, 9.17) is 9.47 Å². The van der Waals surface area contributed by atoms with Crippen molar-refractivity contribution in [3.05, 3.63) is 59.7 Å². The number of likely N-dealkylation sites (N-methyl/N-ethyl adjacent to an activating group) is 1. The summed E-state index contributed by atoms with van der Waals surface area (Å²) in [6.07, 6.45) is 3.56. The van der Waals surface area contributed by atoms with Crippen LogP contribution in [-0.4, -0.2) is 43.0 Å². The van der Waals surface area contributed by atoms with Crippen molar-refractivity contribution in [3.8, 4) is 22.6 Å². The fraction of sp³-hybridized carbons (Fsp3) is 0.273. The van der Waals surface area contributed by atoms with Crippen LogP contribution in [0.4, 0.5) is 10.1 Å². The van der Waals surface area contributed by atoms with Crippen LogP contribution in [0.25, 0.3) is 11.1 Å². The van der Waals surface area contributed by atoms with Crippen LogP contribution in [-0.2, 0) is 13.6 Å². The molecule has 3 aromatic rings. The molecule has 0 atom stereocenters. The lowest BCUT2D eigenvalue weighted by molar-refractivity contribution is 0.0946. The number of nitrogens with one attached hydrogen (secondary N) is 1. The average Bonchev–Trinajstić information content (AvgIpc) is 3.16. The fourth-order valence-corrected chi connectivity index (χ4v) is 3.52. The highest BCUT2D eigenvalue weighted by molar-refractivity contribution is 6.01. The van der Waals surface area contributed by atoms with Gasteiger partial charge in [-0.05, 0) is 29.8 Å². The highest BCUT2D eigenvalue weighted by Crippen LogP contribution is 2.41. The molecular weight excluding hydrogens is 387 g/mol. The van der Waals surface area contributed by atoms with Crippen molar-refractivity contribution < 1.29 is 18.7 Å². The van der Waals surface area contributed by atoms with E-state index >= 15 is 0 Å². The van der Waals surface area contributed by atoms with Gasteiger partial charge in [-0.1, -0.05) is 0 Å². The van der Waals surface area contributed by atoms with Gasteiger partial charge in [0.05, 0.1) is 31.1 Å². The number of methoxy groups -OCH3 is 1. The maximum absolute atomic E-state index is 13.7. The highest BCUT2D eigenvalue weighted by Gasteiger charge is 2.25. The van der Waals surface area contributed by atoms with Gasteiger partial charge >= 0.3 is 0 Å². The van der Waals surface area contributed by atoms with Gasteiger partial charge in [0.15, 0.2) is 5.75 Å². The lowest BCUT2D eigenvalue weighted by Gasteiger charge is -2.30. The summed E-state index contributed by atoms with van der Waals surface area (Å²) in [6.45, 7) is 1.54. The number of fused-ring (bicyclic) bond motifs is 1. The number of amides is 1. The molecule has 0 radical (unpaired) electrons. The van der Waals surface area contributed by atoms with Gasteiger partial charge in [0.25, 0.3) is 5.91 Å². The lowest BCUT2D eigenvalue weighted by Crippen LogP contribution is -2.31. The second-order valence-electron chi connectivity index (χ2n) is 7.19. The molecule has 0 bridgehead atoms. The summed E-state index contributed by atoms with van der Waals surface area (Å²) in [6, 6.07) is 8.04. The topological polar surface area (TPSA) is 68.6 Å². The van der Waals surface area contributed by atoms with Crippen LogP contribution in [0.15, 0.2) is 42.7 Å². The summed E-state index contributed by atoms with van der Waals surface area (Å²) in [4.78, 5) is 15.1. The molecule has 0 aliphatic carbocycles. The van der Waals surface area contributed by atoms with Crippen LogP contribution >= 0.6 is 0 Å². The van der Waals surface area contributed by atoms with E-state index in [2.05, 4.69) is 10.4 Å². The third kappa shape index (κ3) is 3.80. The first kappa shape index (κ1) is 19.8. The van der Waals surface area contributed by atoms with Crippen molar-refractivity contribution in [2.75, 3.05) is 32.2 Å². The molecular formula is C22H23FN4O3. The minimum Gasteiger partial charge on any atom is -0.496 e. The van der Waals surface area contributed by atoms with Crippen LogP contribution in [0, 0.1) is 5.82 Å². The zero-order chi connectivity index (χ0) is 21.3. The third-order valence-corrected chi connectivity index (χ3v) is 5.08. The van der Waals surface area contributed by atoms with Crippen molar-refractivity contribution in [3.63, 3.8) is 0 Å². The maximum Gasteiger partial charge on any atom is 0.255 e. The Balaban J connectivity index is 1.74. The van der Waals surface area contributed by atoms with E-state index in [1.54, 1.807) is 23.0 Å². The number of nitrogens with zero attached hydrogens (tertiary/aromatic N) is 3. The summed E-state index contributed by atoms with van der Waals surface area (Å²) in [5, 5.41) is 7.04. The molecule has 156 valence electrons. The Morgan fingerprint density at radius 3 is 2.87 bits per heavy atom. The summed E-state index contributed by atoms with van der Waals surface area (Å²) in [5.41, 5.74) is 3.56. The monoisotopic (exact) mass is 410 g/mol. The maximum atomic E-state index is 13.7. The second-order valence-corrected chi connectivity index (χ2v) is 7.19. The smallest absolute Gasteiger partial charge is 0.255 e. The minimum atomic E-state index is -0.386. The van der Waals surface area contributed by atoms with Gasteiger partial charge in [-0.3, -0.25) is 9.48 Å². The Kier molecular flexibility index (Phi) is 5.31. The molecule has 8 heteroatoms. The van der Waals surface area contributed by atoms with E-state index in [1.165, 1.54) is 19.2 Å². The molecule has 1 aliphatic rings. The number of rotatable bonds is 5. The second kappa shape index (κ2) is 8.06. The molecule has 2 heterocycles. The SMILES string of the molecule is COc1cc(F)ccc1-c1cc(C(=O)NCc2cnn(C)c2)c2c(c1)N(C)CCO2. The fourth-order valence-electron chi connectivity index (χ4n) is 3.52. The number of carbonyl (C=O) groups is 1. The van der Waals surface area contributed by atoms with Crippen LogP contribution in [0.1, 0.15) is 15.9 Å². The van der Waals surface area contributed by atoms with Crippen LogP contribution in [0.3, 0.4) is 0 Å². The van der Waals surface area contributed by atoms with Gasteiger partial charge in [-0.15, -0.1) is 0 Å². The molecule has 0 fully saturated rings. The molecule has 0 saturated heterocycles. The molecule has 7 nitrogen and oxygen atoms in total. The first-order valence-corrected chi connectivity index (χ1v) is 9.58. The average molecular weight is 410 g/mol. The van der Waals surface area contributed by atoms with Crippen LogP contribution < -0.4 is 19.7 Å². The Bertz CT molecular complexity index is 1100. The van der Waals surface area contributed by atoms with Crippen molar-refractivity contribution in [2.24, 2.45) is 7.05 Å². The molecule has 30 heavy (non-hydrogen) atoms. The summed E-state index contributed by atoms with van der Waals surface area (Å²) in [5.74, 6) is 0.296. The van der Waals surface area contributed by atoms with Gasteiger partial charge in [0.1, 0.15) is 18.2 Å². The third-order valence-electron chi connectivity index (χ3n) is 5.08. The molecule has 1 aromatic heterocycles. The molecule has 0 saturated carbocycles. The Morgan fingerprint density at radius 1 is 1.30 bits per heavy atom. The highest BCUT2D eigenvalue weighted by atomic mass is 19.1. The first-order valence-electron chi connectivity index (χ1n) is 9.58. The number of ether oxygens (including phenoxy) is 2. The van der Waals surface area contributed by atoms with Crippen LogP contribution in [0.5, 0.6) is 11.5 Å². The lowest BCUT2D eigenvalue weighted by atomic mass is 9.98. The number of anilines is 1. The van der Waals surface area contributed by atoms with Crippen LogP contribution in [0.2, 0.25) is 0 Å². The first-order chi connectivity index (χ1) is 14.5. The molecule has 1 amide bonds. The Labute approximate surface area is 174 Å². The Hall–Kier alpha value is -3.55. The largest absolute Gasteiger partial charge is 0.496 e. The van der Waals surface area contributed by atoms with E-state index in [0.717, 1.165) is 16.8 Å². The van der Waals surface area contributed by atoms with Gasteiger partial charge in [0.2, 0.25) is 0 Å². The quantitative estimate of drug-likeness (QED) is 0.700. The van der Waals surface area contributed by atoms with Gasteiger partial charge in [-0.2, -0.15) is 5.10 Å². The molecule has 0 unspecified atom stereocenters. The van der Waals surface area contributed by atoms with Gasteiger partial charge in [-0.25, -0.2) is 4.39 Å². The zero-order valence-electron chi connectivity index (χ0n) is 17.1. The van der Waals surface area contributed by atoms with E-state index in [9.17, 15) is 9.18 Å². The summed E-state index contributed by atoms with van der Waals surface area (Å²) >= 11 is 0. The summed E-state index contributed by atoms with van der Waals surface area (Å²) < 4.78 is 26.6. The molecule has 0 spiro atoms. The van der Waals surface area contributed by atoms with E-state index in [0.29, 0.717) is 42.3 Å². The van der Waals surface area contributed by atoms with Crippen molar-refractivity contribution in [2.45, 2.75) is 6.54 Å². The predicted molar refractivity (Wildman–Crippen MR) is 112 cm³/mol. The molecule has 4 rings (SSSR count). The number of benzene rings is 2. The molecule has 1 aliphatic heterocycles. The summed E-state index contributed by atoms with van der Waals surface area (Å²) in [7, 11) is 5.27. The molecule has 2 aromatic carbocycles. The Morgan fingerprint density at radius 2 is 2.13 bits per heavy atom. The number of hydrogen-bond acceptors (Lipinski definition) is 5. The standard InChI is InChI=1S/C22H23FN4O3/c1-26-6-7-30-21-18(22(28)24-11-14-12-25-27(2)13-14)8-15(9-19(21)26)17-5-4-16(23)10-20(17)29-3/h4-5,8-10,12-13H,6-7,11H2,1-3H3,(H,24,28). The number of hydrogen-bond donors (Lipinski definition) is 1. The normalized spacial score (nSPS) is 12.9. The van der Waals surface area contributed by atoms with Crippen molar-refractivity contribution in [1.29, 1.82) is 0 Å². The molecule has 1 N–H and O–H groups in total. The van der Waals surface area contributed by atoms with Crippen molar-refractivity contribution >= 4 is 11.6 Å². The van der Waals surface area contributed by atoms with Crippen molar-refractivity contribution in [1.82, 2.24) is 15.1 Å². The number of aryl methyl sites for hydroxylation is 1.